The Balaban J connectivity index is 2.82. The maximum absolute atomic E-state index is 12.6. The fourth-order valence-electron chi connectivity index (χ4n) is 1.08. The van der Waals surface area contributed by atoms with Crippen molar-refractivity contribution in [1.82, 2.24) is 0 Å². The smallest absolute Gasteiger partial charge is 0.320 e. The number of carbonyl (C=O) groups is 1. The van der Waals surface area contributed by atoms with E-state index in [4.69, 9.17) is 16.6 Å². The van der Waals surface area contributed by atoms with Gasteiger partial charge in [-0.1, -0.05) is 6.07 Å². The predicted octanol–water partition coefficient (Wildman–Crippen LogP) is 0.362. The van der Waals surface area contributed by atoms with Crippen LogP contribution >= 0.6 is 0 Å². The lowest BCUT2D eigenvalue weighted by atomic mass is 10.0. The number of hydrogen-bond donors (Lipinski definition) is 3. The molecular formula is C9H11FN2O2. The zero-order valence-corrected chi connectivity index (χ0v) is 7.40. The van der Waals surface area contributed by atoms with Crippen molar-refractivity contribution >= 4 is 11.7 Å². The first-order valence-electron chi connectivity index (χ1n) is 4.03. The third-order valence-electron chi connectivity index (χ3n) is 1.86. The molecule has 1 atom stereocenters. The number of nitrogens with two attached hydrogens (primary N) is 2. The summed E-state index contributed by atoms with van der Waals surface area (Å²) in [5, 5.41) is 8.55. The summed E-state index contributed by atoms with van der Waals surface area (Å²) in [6.07, 6.45) is 0.0987. The van der Waals surface area contributed by atoms with Crippen LogP contribution in [0.5, 0.6) is 0 Å². The third kappa shape index (κ3) is 2.43. The molecule has 5 N–H and O–H groups in total. The molecule has 0 aliphatic carbocycles. The number of anilines is 1. The van der Waals surface area contributed by atoms with E-state index < -0.39 is 17.8 Å². The molecule has 1 aromatic rings. The number of aliphatic carboxylic acids is 1. The molecule has 0 fully saturated rings. The van der Waals surface area contributed by atoms with Crippen LogP contribution in [0, 0.1) is 5.82 Å². The topological polar surface area (TPSA) is 89.3 Å². The van der Waals surface area contributed by atoms with E-state index in [0.29, 0.717) is 5.56 Å². The molecule has 1 aromatic carbocycles. The fraction of sp³-hybridized carbons (Fsp3) is 0.222. The molecule has 0 amide bonds. The third-order valence-corrected chi connectivity index (χ3v) is 1.86. The van der Waals surface area contributed by atoms with Crippen molar-refractivity contribution in [2.75, 3.05) is 5.73 Å². The minimum atomic E-state index is -1.10. The van der Waals surface area contributed by atoms with Gasteiger partial charge in [0.05, 0.1) is 0 Å². The Morgan fingerprint density at radius 1 is 1.57 bits per heavy atom. The largest absolute Gasteiger partial charge is 0.480 e. The maximum Gasteiger partial charge on any atom is 0.320 e. The van der Waals surface area contributed by atoms with E-state index in [2.05, 4.69) is 0 Å². The number of carboxylic acids is 1. The monoisotopic (exact) mass is 198 g/mol. The van der Waals surface area contributed by atoms with Gasteiger partial charge in [-0.2, -0.15) is 0 Å². The molecule has 0 aliphatic rings. The van der Waals surface area contributed by atoms with Crippen LogP contribution in [-0.2, 0) is 11.2 Å². The normalized spacial score (nSPS) is 12.4. The van der Waals surface area contributed by atoms with Crippen LogP contribution in [0.3, 0.4) is 0 Å². The molecule has 4 nitrogen and oxygen atoms in total. The molecule has 76 valence electrons. The van der Waals surface area contributed by atoms with Gasteiger partial charge >= 0.3 is 5.97 Å². The van der Waals surface area contributed by atoms with Crippen LogP contribution in [0.2, 0.25) is 0 Å². The van der Waals surface area contributed by atoms with Crippen molar-refractivity contribution in [2.45, 2.75) is 12.5 Å². The van der Waals surface area contributed by atoms with E-state index in [1.165, 1.54) is 12.1 Å². The van der Waals surface area contributed by atoms with Crippen LogP contribution in [0.4, 0.5) is 10.1 Å². The van der Waals surface area contributed by atoms with E-state index in [9.17, 15) is 9.18 Å². The molecule has 0 bridgehead atoms. The van der Waals surface area contributed by atoms with Crippen LogP contribution in [0.25, 0.3) is 0 Å². The highest BCUT2D eigenvalue weighted by atomic mass is 19.1. The minimum absolute atomic E-state index is 0.0987. The standard InChI is InChI=1S/C9H11FN2O2/c10-6-2-1-5(7(11)4-6)3-8(12)9(13)14/h1-2,4,8H,3,11-12H2,(H,13,14)/t8-/m0/s1. The Bertz CT molecular complexity index is 355. The van der Waals surface area contributed by atoms with Gasteiger partial charge in [0.2, 0.25) is 0 Å². The fourth-order valence-corrected chi connectivity index (χ4v) is 1.08. The number of benzene rings is 1. The number of rotatable bonds is 3. The van der Waals surface area contributed by atoms with Crippen molar-refractivity contribution in [3.63, 3.8) is 0 Å². The molecule has 0 spiro atoms. The highest BCUT2D eigenvalue weighted by molar-refractivity contribution is 5.74. The minimum Gasteiger partial charge on any atom is -0.480 e. The SMILES string of the molecule is Nc1cc(F)ccc1C[C@H](N)C(=O)O. The first kappa shape index (κ1) is 10.5. The Hall–Kier alpha value is -1.62. The Morgan fingerprint density at radius 3 is 2.71 bits per heavy atom. The van der Waals surface area contributed by atoms with E-state index in [-0.39, 0.29) is 12.1 Å². The average Bonchev–Trinajstić information content (AvgIpc) is 2.09. The highest BCUT2D eigenvalue weighted by Gasteiger charge is 2.13. The average molecular weight is 198 g/mol. The molecule has 0 unspecified atom stereocenters. The summed E-state index contributed by atoms with van der Waals surface area (Å²) in [5.41, 5.74) is 11.6. The lowest BCUT2D eigenvalue weighted by molar-refractivity contribution is -0.138. The van der Waals surface area contributed by atoms with E-state index >= 15 is 0 Å². The molecule has 14 heavy (non-hydrogen) atoms. The van der Waals surface area contributed by atoms with Crippen LogP contribution < -0.4 is 11.5 Å². The summed E-state index contributed by atoms with van der Waals surface area (Å²) in [6, 6.07) is 2.79. The maximum atomic E-state index is 12.6. The molecule has 1 rings (SSSR count). The second-order valence-electron chi connectivity index (χ2n) is 2.99. The predicted molar refractivity (Wildman–Crippen MR) is 50.1 cm³/mol. The second kappa shape index (κ2) is 4.06. The van der Waals surface area contributed by atoms with E-state index in [0.717, 1.165) is 6.07 Å². The van der Waals surface area contributed by atoms with Crippen molar-refractivity contribution in [3.8, 4) is 0 Å². The summed E-state index contributed by atoms with van der Waals surface area (Å²) in [6.45, 7) is 0. The van der Waals surface area contributed by atoms with Gasteiger partial charge in [0, 0.05) is 12.1 Å². The molecule has 0 saturated heterocycles. The van der Waals surface area contributed by atoms with Crippen molar-refractivity contribution < 1.29 is 14.3 Å². The number of nitrogen functional groups attached to an aromatic ring is 1. The first-order valence-corrected chi connectivity index (χ1v) is 4.03. The molecule has 5 heteroatoms. The van der Waals surface area contributed by atoms with Crippen LogP contribution in [0.1, 0.15) is 5.56 Å². The van der Waals surface area contributed by atoms with E-state index in [1.54, 1.807) is 0 Å². The summed E-state index contributed by atoms with van der Waals surface area (Å²) in [7, 11) is 0. The lowest BCUT2D eigenvalue weighted by Crippen LogP contribution is -2.32. The van der Waals surface area contributed by atoms with Gasteiger partial charge in [0.25, 0.3) is 0 Å². The summed E-state index contributed by atoms with van der Waals surface area (Å²) >= 11 is 0. The van der Waals surface area contributed by atoms with Crippen LogP contribution in [0.15, 0.2) is 18.2 Å². The molecular weight excluding hydrogens is 187 g/mol. The number of hydrogen-bond acceptors (Lipinski definition) is 3. The molecule has 0 aliphatic heterocycles. The molecule has 0 aromatic heterocycles. The summed E-state index contributed by atoms with van der Waals surface area (Å²) in [4.78, 5) is 10.4. The zero-order valence-electron chi connectivity index (χ0n) is 7.40. The van der Waals surface area contributed by atoms with Gasteiger partial charge in [-0.05, 0) is 17.7 Å². The van der Waals surface area contributed by atoms with Gasteiger partial charge in [-0.15, -0.1) is 0 Å². The molecule has 0 heterocycles. The van der Waals surface area contributed by atoms with Gasteiger partial charge in [-0.25, -0.2) is 4.39 Å². The molecule has 0 saturated carbocycles. The summed E-state index contributed by atoms with van der Waals surface area (Å²) < 4.78 is 12.6. The van der Waals surface area contributed by atoms with Crippen molar-refractivity contribution in [3.05, 3.63) is 29.6 Å². The van der Waals surface area contributed by atoms with Gasteiger partial charge in [0.15, 0.2) is 0 Å². The quantitative estimate of drug-likeness (QED) is 0.612. The lowest BCUT2D eigenvalue weighted by Gasteiger charge is -2.08. The van der Waals surface area contributed by atoms with Crippen molar-refractivity contribution in [1.29, 1.82) is 0 Å². The van der Waals surface area contributed by atoms with Gasteiger partial charge < -0.3 is 16.6 Å². The number of carboxylic acid groups (broad SMARTS) is 1. The van der Waals surface area contributed by atoms with Gasteiger partial charge in [-0.3, -0.25) is 4.79 Å². The first-order chi connectivity index (χ1) is 6.50. The van der Waals surface area contributed by atoms with E-state index in [1.807, 2.05) is 0 Å². The Kier molecular flexibility index (Phi) is 3.03. The summed E-state index contributed by atoms with van der Waals surface area (Å²) in [5.74, 6) is -1.55. The molecule has 0 radical (unpaired) electrons. The number of halogens is 1. The van der Waals surface area contributed by atoms with Crippen LogP contribution in [-0.4, -0.2) is 17.1 Å². The van der Waals surface area contributed by atoms with Crippen molar-refractivity contribution in [2.24, 2.45) is 5.73 Å². The highest BCUT2D eigenvalue weighted by Crippen LogP contribution is 2.14. The Morgan fingerprint density at radius 2 is 2.21 bits per heavy atom. The second-order valence-corrected chi connectivity index (χ2v) is 2.99. The Labute approximate surface area is 80.3 Å². The zero-order chi connectivity index (χ0) is 10.7. The van der Waals surface area contributed by atoms with Gasteiger partial charge in [0.1, 0.15) is 11.9 Å².